The van der Waals surface area contributed by atoms with E-state index in [0.717, 1.165) is 25.9 Å². The molecule has 0 aromatic heterocycles. The van der Waals surface area contributed by atoms with Gasteiger partial charge in [0, 0.05) is 13.1 Å². The van der Waals surface area contributed by atoms with Gasteiger partial charge in [-0.25, -0.2) is 0 Å². The first-order valence-corrected chi connectivity index (χ1v) is 6.93. The number of piperidine rings is 1. The van der Waals surface area contributed by atoms with Crippen molar-refractivity contribution in [2.45, 2.75) is 40.2 Å². The Morgan fingerprint density at radius 2 is 2.00 bits per heavy atom. The van der Waals surface area contributed by atoms with Crippen LogP contribution in [0.15, 0.2) is 18.2 Å². The van der Waals surface area contributed by atoms with Crippen LogP contribution in [-0.4, -0.2) is 29.1 Å². The Hall–Kier alpha value is -1.35. The van der Waals surface area contributed by atoms with E-state index in [1.54, 1.807) is 0 Å². The normalized spacial score (nSPS) is 24.4. The number of carboxylic acid groups (broad SMARTS) is 1. The van der Waals surface area contributed by atoms with Crippen molar-refractivity contribution in [3.05, 3.63) is 34.9 Å². The molecule has 3 nitrogen and oxygen atoms in total. The van der Waals surface area contributed by atoms with E-state index >= 15 is 0 Å². The Bertz CT molecular complexity index is 463. The molecule has 3 heteroatoms. The maximum absolute atomic E-state index is 11.4. The molecule has 0 aliphatic carbocycles. The third-order valence-corrected chi connectivity index (χ3v) is 4.32. The summed E-state index contributed by atoms with van der Waals surface area (Å²) < 4.78 is 0. The van der Waals surface area contributed by atoms with Crippen LogP contribution < -0.4 is 0 Å². The minimum absolute atomic E-state index is 0.588. The lowest BCUT2D eigenvalue weighted by molar-refractivity contribution is -0.151. The van der Waals surface area contributed by atoms with Gasteiger partial charge in [-0.05, 0) is 56.8 Å². The molecular formula is C16H23NO2. The average Bonchev–Trinajstić information content (AvgIpc) is 2.34. The van der Waals surface area contributed by atoms with E-state index in [1.807, 2.05) is 6.92 Å². The first-order chi connectivity index (χ1) is 8.92. The molecule has 1 aromatic rings. The second kappa shape index (κ2) is 5.33. The number of aryl methyl sites for hydroxylation is 2. The van der Waals surface area contributed by atoms with E-state index in [4.69, 9.17) is 0 Å². The second-order valence-corrected chi connectivity index (χ2v) is 6.05. The summed E-state index contributed by atoms with van der Waals surface area (Å²) in [6, 6.07) is 6.33. The SMILES string of the molecule is Cc1cccc(C)c1CN1CCCC(C)(C(=O)O)C1. The van der Waals surface area contributed by atoms with Gasteiger partial charge < -0.3 is 5.11 Å². The monoisotopic (exact) mass is 261 g/mol. The maximum atomic E-state index is 11.4. The zero-order chi connectivity index (χ0) is 14.0. The molecule has 0 amide bonds. The predicted molar refractivity (Wildman–Crippen MR) is 76.2 cm³/mol. The van der Waals surface area contributed by atoms with Crippen molar-refractivity contribution < 1.29 is 9.90 Å². The number of carbonyl (C=O) groups is 1. The fourth-order valence-corrected chi connectivity index (χ4v) is 2.98. The zero-order valence-electron chi connectivity index (χ0n) is 12.1. The number of carboxylic acids is 1. The number of hydrogen-bond donors (Lipinski definition) is 1. The van der Waals surface area contributed by atoms with E-state index in [9.17, 15) is 9.90 Å². The van der Waals surface area contributed by atoms with E-state index in [1.165, 1.54) is 16.7 Å². The van der Waals surface area contributed by atoms with Gasteiger partial charge in [-0.3, -0.25) is 9.69 Å². The molecule has 0 spiro atoms. The standard InChI is InChI=1S/C16H23NO2/c1-12-6-4-7-13(2)14(12)10-17-9-5-8-16(3,11-17)15(18)19/h4,6-7H,5,8-11H2,1-3H3,(H,18,19). The Kier molecular flexibility index (Phi) is 3.95. The molecule has 1 aliphatic heterocycles. The van der Waals surface area contributed by atoms with E-state index in [2.05, 4.69) is 36.9 Å². The molecule has 1 aromatic carbocycles. The van der Waals surface area contributed by atoms with Gasteiger partial charge in [-0.2, -0.15) is 0 Å². The molecule has 1 aliphatic rings. The summed E-state index contributed by atoms with van der Waals surface area (Å²) in [5.74, 6) is -0.668. The Morgan fingerprint density at radius 3 is 2.58 bits per heavy atom. The maximum Gasteiger partial charge on any atom is 0.310 e. The third kappa shape index (κ3) is 2.98. The van der Waals surface area contributed by atoms with Gasteiger partial charge in [0.1, 0.15) is 0 Å². The first-order valence-electron chi connectivity index (χ1n) is 6.93. The number of benzene rings is 1. The Balaban J connectivity index is 2.13. The second-order valence-electron chi connectivity index (χ2n) is 6.05. The largest absolute Gasteiger partial charge is 0.481 e. The lowest BCUT2D eigenvalue weighted by Gasteiger charge is -2.38. The molecule has 1 N–H and O–H groups in total. The molecule has 1 fully saturated rings. The lowest BCUT2D eigenvalue weighted by atomic mass is 9.82. The Morgan fingerprint density at radius 1 is 1.37 bits per heavy atom. The van der Waals surface area contributed by atoms with Gasteiger partial charge in [0.15, 0.2) is 0 Å². The van der Waals surface area contributed by atoms with Crippen molar-refractivity contribution in [3.63, 3.8) is 0 Å². The molecule has 0 radical (unpaired) electrons. The van der Waals surface area contributed by atoms with Gasteiger partial charge in [-0.15, -0.1) is 0 Å². The van der Waals surface area contributed by atoms with Crippen LogP contribution in [0, 0.1) is 19.3 Å². The molecule has 2 rings (SSSR count). The molecule has 1 unspecified atom stereocenters. The number of rotatable bonds is 3. The molecular weight excluding hydrogens is 238 g/mol. The van der Waals surface area contributed by atoms with Crippen LogP contribution in [0.3, 0.4) is 0 Å². The lowest BCUT2D eigenvalue weighted by Crippen LogP contribution is -2.45. The molecule has 1 atom stereocenters. The van der Waals surface area contributed by atoms with Crippen LogP contribution in [0.5, 0.6) is 0 Å². The van der Waals surface area contributed by atoms with E-state index in [-0.39, 0.29) is 0 Å². The fourth-order valence-electron chi connectivity index (χ4n) is 2.98. The topological polar surface area (TPSA) is 40.5 Å². The summed E-state index contributed by atoms with van der Waals surface area (Å²) in [5, 5.41) is 9.36. The van der Waals surface area contributed by atoms with E-state index < -0.39 is 11.4 Å². The van der Waals surface area contributed by atoms with E-state index in [0.29, 0.717) is 6.54 Å². The molecule has 19 heavy (non-hydrogen) atoms. The molecule has 104 valence electrons. The van der Waals surface area contributed by atoms with Gasteiger partial charge >= 0.3 is 5.97 Å². The van der Waals surface area contributed by atoms with Gasteiger partial charge in [0.25, 0.3) is 0 Å². The minimum Gasteiger partial charge on any atom is -0.481 e. The van der Waals surface area contributed by atoms with Gasteiger partial charge in [0.05, 0.1) is 5.41 Å². The third-order valence-electron chi connectivity index (χ3n) is 4.32. The minimum atomic E-state index is -0.668. The highest BCUT2D eigenvalue weighted by atomic mass is 16.4. The number of aliphatic carboxylic acids is 1. The van der Waals surface area contributed by atoms with Crippen LogP contribution in [0.4, 0.5) is 0 Å². The number of hydrogen-bond acceptors (Lipinski definition) is 2. The van der Waals surface area contributed by atoms with Gasteiger partial charge in [0.2, 0.25) is 0 Å². The first kappa shape index (κ1) is 14.1. The predicted octanol–water partition coefficient (Wildman–Crippen LogP) is 2.99. The number of likely N-dealkylation sites (tertiary alicyclic amines) is 1. The van der Waals surface area contributed by atoms with Crippen molar-refractivity contribution in [1.82, 2.24) is 4.90 Å². The summed E-state index contributed by atoms with van der Waals surface area (Å²) in [7, 11) is 0. The molecule has 1 heterocycles. The summed E-state index contributed by atoms with van der Waals surface area (Å²) in [5.41, 5.74) is 3.34. The quantitative estimate of drug-likeness (QED) is 0.909. The highest BCUT2D eigenvalue weighted by Gasteiger charge is 2.37. The van der Waals surface area contributed by atoms with Crippen LogP contribution in [0.25, 0.3) is 0 Å². The van der Waals surface area contributed by atoms with Crippen LogP contribution in [0.2, 0.25) is 0 Å². The highest BCUT2D eigenvalue weighted by Crippen LogP contribution is 2.31. The molecule has 0 bridgehead atoms. The summed E-state index contributed by atoms with van der Waals surface area (Å²) in [4.78, 5) is 13.7. The van der Waals surface area contributed by atoms with Crippen LogP contribution >= 0.6 is 0 Å². The van der Waals surface area contributed by atoms with Crippen molar-refractivity contribution in [1.29, 1.82) is 0 Å². The van der Waals surface area contributed by atoms with Crippen molar-refractivity contribution in [2.75, 3.05) is 13.1 Å². The molecule has 1 saturated heterocycles. The number of nitrogens with zero attached hydrogens (tertiary/aromatic N) is 1. The van der Waals surface area contributed by atoms with Gasteiger partial charge in [-0.1, -0.05) is 18.2 Å². The highest BCUT2D eigenvalue weighted by molar-refractivity contribution is 5.74. The van der Waals surface area contributed by atoms with Crippen LogP contribution in [-0.2, 0) is 11.3 Å². The zero-order valence-corrected chi connectivity index (χ0v) is 12.1. The van der Waals surface area contributed by atoms with Crippen molar-refractivity contribution in [2.24, 2.45) is 5.41 Å². The summed E-state index contributed by atoms with van der Waals surface area (Å²) in [6.45, 7) is 8.63. The van der Waals surface area contributed by atoms with Crippen LogP contribution in [0.1, 0.15) is 36.5 Å². The van der Waals surface area contributed by atoms with Crippen molar-refractivity contribution >= 4 is 5.97 Å². The Labute approximate surface area is 115 Å². The van der Waals surface area contributed by atoms with Crippen molar-refractivity contribution in [3.8, 4) is 0 Å². The smallest absolute Gasteiger partial charge is 0.310 e. The fraction of sp³-hybridized carbons (Fsp3) is 0.562. The molecule has 0 saturated carbocycles. The summed E-state index contributed by atoms with van der Waals surface area (Å²) >= 11 is 0. The average molecular weight is 261 g/mol. The summed E-state index contributed by atoms with van der Waals surface area (Å²) in [6.07, 6.45) is 1.75.